The van der Waals surface area contributed by atoms with Gasteiger partial charge in [-0.3, -0.25) is 4.79 Å². The molecule has 2 aromatic carbocycles. The highest BCUT2D eigenvalue weighted by atomic mass is 16.5. The molecule has 3 heterocycles. The van der Waals surface area contributed by atoms with Crippen molar-refractivity contribution >= 4 is 11.6 Å². The van der Waals surface area contributed by atoms with Gasteiger partial charge in [0.25, 0.3) is 0 Å². The van der Waals surface area contributed by atoms with Gasteiger partial charge < -0.3 is 9.64 Å². The third kappa shape index (κ3) is 3.46. The lowest BCUT2D eigenvalue weighted by atomic mass is 9.82. The van der Waals surface area contributed by atoms with Gasteiger partial charge in [-0.2, -0.15) is 0 Å². The number of nitrogens with zero attached hydrogens (tertiary/aromatic N) is 3. The van der Waals surface area contributed by atoms with Crippen molar-refractivity contribution in [3.05, 3.63) is 71.3 Å². The summed E-state index contributed by atoms with van der Waals surface area (Å²) in [5, 5.41) is 9.09. The second-order valence-electron chi connectivity index (χ2n) is 9.34. The molecule has 3 aliphatic rings. The predicted octanol–water partition coefficient (Wildman–Crippen LogP) is 5.03. The third-order valence-corrected chi connectivity index (χ3v) is 7.29. The van der Waals surface area contributed by atoms with Crippen molar-refractivity contribution in [1.82, 2.24) is 10.2 Å². The number of carbonyl (C=O) groups is 1. The molecule has 2 aliphatic heterocycles. The maximum atomic E-state index is 12.7. The van der Waals surface area contributed by atoms with E-state index in [0.29, 0.717) is 12.0 Å². The van der Waals surface area contributed by atoms with Crippen molar-refractivity contribution in [2.45, 2.75) is 50.5 Å². The molecule has 5 nitrogen and oxygen atoms in total. The molecule has 0 atom stereocenters. The molecule has 0 N–H and O–H groups in total. The highest BCUT2D eigenvalue weighted by Gasteiger charge is 2.43. The van der Waals surface area contributed by atoms with Crippen molar-refractivity contribution in [1.29, 1.82) is 0 Å². The molecule has 6 rings (SSSR count). The SMILES string of the molecule is O=C1CC2(CCN(c3ccc(-c4ccc5c(c4)CCCC5)nn3)CC2)Oc2ccccc21. The van der Waals surface area contributed by atoms with Crippen molar-refractivity contribution in [3.8, 4) is 17.0 Å². The van der Waals surface area contributed by atoms with E-state index in [1.807, 2.05) is 24.3 Å². The first-order valence-corrected chi connectivity index (χ1v) is 11.7. The number of carbonyl (C=O) groups excluding carboxylic acids is 1. The molecule has 0 unspecified atom stereocenters. The van der Waals surface area contributed by atoms with E-state index < -0.39 is 5.60 Å². The van der Waals surface area contributed by atoms with Crippen molar-refractivity contribution in [2.75, 3.05) is 18.0 Å². The molecule has 0 saturated carbocycles. The number of benzene rings is 2. The Morgan fingerprint density at radius 1 is 0.875 bits per heavy atom. The fourth-order valence-electron chi connectivity index (χ4n) is 5.41. The van der Waals surface area contributed by atoms with Gasteiger partial charge >= 0.3 is 0 Å². The molecular formula is C27H27N3O2. The van der Waals surface area contributed by atoms with Gasteiger partial charge in [0.1, 0.15) is 11.4 Å². The Balaban J connectivity index is 1.15. The summed E-state index contributed by atoms with van der Waals surface area (Å²) in [4.78, 5) is 14.9. The first kappa shape index (κ1) is 19.5. The van der Waals surface area contributed by atoms with E-state index in [2.05, 4.69) is 45.4 Å². The summed E-state index contributed by atoms with van der Waals surface area (Å²) in [5.41, 5.74) is 5.34. The van der Waals surface area contributed by atoms with Crippen LogP contribution >= 0.6 is 0 Å². The van der Waals surface area contributed by atoms with Gasteiger partial charge in [-0.15, -0.1) is 10.2 Å². The van der Waals surface area contributed by atoms with E-state index in [-0.39, 0.29) is 5.78 Å². The minimum atomic E-state index is -0.390. The van der Waals surface area contributed by atoms with E-state index >= 15 is 0 Å². The maximum absolute atomic E-state index is 12.7. The second-order valence-corrected chi connectivity index (χ2v) is 9.34. The zero-order valence-electron chi connectivity index (χ0n) is 18.2. The van der Waals surface area contributed by atoms with E-state index in [1.165, 1.54) is 36.8 Å². The minimum Gasteiger partial charge on any atom is -0.486 e. The lowest BCUT2D eigenvalue weighted by Crippen LogP contribution is -2.51. The average Bonchev–Trinajstić information content (AvgIpc) is 2.84. The molecular weight excluding hydrogens is 398 g/mol. The number of rotatable bonds is 2. The largest absolute Gasteiger partial charge is 0.486 e. The number of ether oxygens (including phenoxy) is 1. The van der Waals surface area contributed by atoms with Gasteiger partial charge in [-0.1, -0.05) is 24.3 Å². The maximum Gasteiger partial charge on any atom is 0.170 e. The smallest absolute Gasteiger partial charge is 0.170 e. The second kappa shape index (κ2) is 7.73. The standard InChI is InChI=1S/C27H27N3O2/c31-24-18-27(32-25-8-4-3-7-22(24)25)13-15-30(16-14-27)26-12-11-23(28-29-26)21-10-9-19-5-1-2-6-20(19)17-21/h3-4,7-12,17H,1-2,5-6,13-16,18H2. The van der Waals surface area contributed by atoms with Crippen LogP contribution in [0.4, 0.5) is 5.82 Å². The first-order valence-electron chi connectivity index (χ1n) is 11.7. The Morgan fingerprint density at radius 2 is 1.69 bits per heavy atom. The fourth-order valence-corrected chi connectivity index (χ4v) is 5.41. The quantitative estimate of drug-likeness (QED) is 0.577. The monoisotopic (exact) mass is 425 g/mol. The number of para-hydroxylation sites is 1. The number of anilines is 1. The molecule has 1 aromatic heterocycles. The van der Waals surface area contributed by atoms with Crippen LogP contribution in [0.5, 0.6) is 5.75 Å². The zero-order valence-corrected chi connectivity index (χ0v) is 18.2. The van der Waals surface area contributed by atoms with Gasteiger partial charge in [0.2, 0.25) is 0 Å². The van der Waals surface area contributed by atoms with E-state index in [1.54, 1.807) is 0 Å². The average molecular weight is 426 g/mol. The topological polar surface area (TPSA) is 55.3 Å². The number of hydrogen-bond donors (Lipinski definition) is 0. The van der Waals surface area contributed by atoms with Gasteiger partial charge in [-0.25, -0.2) is 0 Å². The Bertz CT molecular complexity index is 1160. The molecule has 0 radical (unpaired) electrons. The van der Waals surface area contributed by atoms with Crippen LogP contribution in [0.2, 0.25) is 0 Å². The molecule has 1 aliphatic carbocycles. The lowest BCUT2D eigenvalue weighted by molar-refractivity contribution is 0.0231. The van der Waals surface area contributed by atoms with Crippen LogP contribution in [-0.4, -0.2) is 34.7 Å². The van der Waals surface area contributed by atoms with Crippen LogP contribution in [0.3, 0.4) is 0 Å². The summed E-state index contributed by atoms with van der Waals surface area (Å²) in [6.07, 6.45) is 7.00. The highest BCUT2D eigenvalue weighted by molar-refractivity contribution is 6.00. The van der Waals surface area contributed by atoms with Gasteiger partial charge in [0.15, 0.2) is 11.6 Å². The summed E-state index contributed by atoms with van der Waals surface area (Å²) in [7, 11) is 0. The molecule has 0 amide bonds. The number of ketones is 1. The Morgan fingerprint density at radius 3 is 2.50 bits per heavy atom. The van der Waals surface area contributed by atoms with Crippen LogP contribution in [0.1, 0.15) is 53.6 Å². The molecule has 1 fully saturated rings. The lowest BCUT2D eigenvalue weighted by Gasteiger charge is -2.44. The predicted molar refractivity (Wildman–Crippen MR) is 124 cm³/mol. The van der Waals surface area contributed by atoms with Crippen LogP contribution in [0.25, 0.3) is 11.3 Å². The van der Waals surface area contributed by atoms with Crippen LogP contribution in [-0.2, 0) is 12.8 Å². The number of piperidine rings is 1. The third-order valence-electron chi connectivity index (χ3n) is 7.29. The highest BCUT2D eigenvalue weighted by Crippen LogP contribution is 2.39. The number of Topliss-reactive ketones (excluding diaryl/α,β-unsaturated/α-hetero) is 1. The van der Waals surface area contributed by atoms with E-state index in [4.69, 9.17) is 4.74 Å². The number of aromatic nitrogens is 2. The van der Waals surface area contributed by atoms with E-state index in [0.717, 1.165) is 48.8 Å². The zero-order chi connectivity index (χ0) is 21.5. The van der Waals surface area contributed by atoms with Gasteiger partial charge in [0, 0.05) is 31.5 Å². The van der Waals surface area contributed by atoms with Crippen molar-refractivity contribution in [2.24, 2.45) is 0 Å². The fraction of sp³-hybridized carbons (Fsp3) is 0.370. The molecule has 162 valence electrons. The molecule has 1 spiro atoms. The Hall–Kier alpha value is -3.21. The minimum absolute atomic E-state index is 0.189. The van der Waals surface area contributed by atoms with Gasteiger partial charge in [-0.05, 0) is 67.1 Å². The number of aryl methyl sites for hydroxylation is 2. The van der Waals surface area contributed by atoms with Crippen molar-refractivity contribution < 1.29 is 9.53 Å². The van der Waals surface area contributed by atoms with E-state index in [9.17, 15) is 4.79 Å². The molecule has 1 saturated heterocycles. The molecule has 3 aromatic rings. The van der Waals surface area contributed by atoms with Crippen LogP contribution in [0, 0.1) is 0 Å². The normalized spacial score (nSPS) is 19.2. The van der Waals surface area contributed by atoms with Crippen molar-refractivity contribution in [3.63, 3.8) is 0 Å². The van der Waals surface area contributed by atoms with Crippen LogP contribution < -0.4 is 9.64 Å². The molecule has 5 heteroatoms. The summed E-state index contributed by atoms with van der Waals surface area (Å²) < 4.78 is 6.35. The number of hydrogen-bond acceptors (Lipinski definition) is 5. The Labute approximate surface area is 188 Å². The Kier molecular flexibility index (Phi) is 4.71. The molecule has 32 heavy (non-hydrogen) atoms. The summed E-state index contributed by atoms with van der Waals surface area (Å²) in [6.45, 7) is 1.62. The summed E-state index contributed by atoms with van der Waals surface area (Å²) in [5.74, 6) is 1.81. The summed E-state index contributed by atoms with van der Waals surface area (Å²) >= 11 is 0. The summed E-state index contributed by atoms with van der Waals surface area (Å²) in [6, 6.07) is 18.5. The number of fused-ring (bicyclic) bond motifs is 2. The van der Waals surface area contributed by atoms with Crippen LogP contribution in [0.15, 0.2) is 54.6 Å². The first-order chi connectivity index (χ1) is 15.7. The molecule has 0 bridgehead atoms. The van der Waals surface area contributed by atoms with Gasteiger partial charge in [0.05, 0.1) is 17.7 Å².